The molecule has 0 spiro atoms. The lowest BCUT2D eigenvalue weighted by Crippen LogP contribution is -2.41. The molecule has 0 heterocycles. The van der Waals surface area contributed by atoms with Gasteiger partial charge in [0.2, 0.25) is 0 Å². The molecule has 2 heteroatoms. The fraction of sp³-hybridized carbons (Fsp3) is 0.929. The topological polar surface area (TPSA) is 44.0 Å². The summed E-state index contributed by atoms with van der Waals surface area (Å²) >= 11 is 0. The number of aliphatic hydroxyl groups is 1. The summed E-state index contributed by atoms with van der Waals surface area (Å²) < 4.78 is 0. The zero-order chi connectivity index (χ0) is 11.6. The molecule has 2 fully saturated rings. The number of nitrogens with zero attached hydrogens (tertiary/aromatic N) is 1. The van der Waals surface area contributed by atoms with Crippen molar-refractivity contribution in [2.24, 2.45) is 17.3 Å². The highest BCUT2D eigenvalue weighted by atomic mass is 16.3. The summed E-state index contributed by atoms with van der Waals surface area (Å²) in [5, 5.41) is 19.9. The summed E-state index contributed by atoms with van der Waals surface area (Å²) in [7, 11) is 0. The fourth-order valence-corrected chi connectivity index (χ4v) is 3.48. The van der Waals surface area contributed by atoms with E-state index in [1.165, 1.54) is 12.8 Å². The van der Waals surface area contributed by atoms with Gasteiger partial charge in [-0.25, -0.2) is 0 Å². The first-order valence-electron chi connectivity index (χ1n) is 6.77. The van der Waals surface area contributed by atoms with E-state index < -0.39 is 5.41 Å². The van der Waals surface area contributed by atoms with Crippen molar-refractivity contribution in [3.63, 3.8) is 0 Å². The molecule has 2 saturated carbocycles. The number of rotatable bonds is 2. The molecule has 1 atom stereocenters. The van der Waals surface area contributed by atoms with Crippen molar-refractivity contribution in [2.45, 2.75) is 64.4 Å². The maximum absolute atomic E-state index is 10.5. The lowest BCUT2D eigenvalue weighted by atomic mass is 9.65. The summed E-state index contributed by atoms with van der Waals surface area (Å²) in [4.78, 5) is 0. The molecule has 1 unspecified atom stereocenters. The Labute approximate surface area is 98.7 Å². The first-order chi connectivity index (χ1) is 7.68. The van der Waals surface area contributed by atoms with Crippen LogP contribution in [0.15, 0.2) is 0 Å². The number of nitriles is 1. The molecular formula is C14H23NO. The van der Waals surface area contributed by atoms with Gasteiger partial charge in [0.1, 0.15) is 0 Å². The third kappa shape index (κ3) is 2.11. The van der Waals surface area contributed by atoms with Crippen molar-refractivity contribution in [2.75, 3.05) is 0 Å². The van der Waals surface area contributed by atoms with Crippen LogP contribution in [-0.2, 0) is 0 Å². The molecule has 0 bridgehead atoms. The molecule has 2 aliphatic carbocycles. The Morgan fingerprint density at radius 1 is 1.19 bits per heavy atom. The molecule has 0 amide bonds. The van der Waals surface area contributed by atoms with E-state index in [-0.39, 0.29) is 6.10 Å². The van der Waals surface area contributed by atoms with Crippen LogP contribution in [0.5, 0.6) is 0 Å². The number of hydrogen-bond acceptors (Lipinski definition) is 2. The van der Waals surface area contributed by atoms with Gasteiger partial charge in [0.25, 0.3) is 0 Å². The molecule has 0 radical (unpaired) electrons. The van der Waals surface area contributed by atoms with Crippen LogP contribution in [0, 0.1) is 28.6 Å². The van der Waals surface area contributed by atoms with E-state index in [1.54, 1.807) is 0 Å². The van der Waals surface area contributed by atoms with Crippen molar-refractivity contribution >= 4 is 0 Å². The first-order valence-corrected chi connectivity index (χ1v) is 6.77. The quantitative estimate of drug-likeness (QED) is 0.777. The summed E-state index contributed by atoms with van der Waals surface area (Å²) in [5.74, 6) is 1.13. The average Bonchev–Trinajstić information content (AvgIpc) is 2.83. The second kappa shape index (κ2) is 4.75. The largest absolute Gasteiger partial charge is 0.391 e. The first kappa shape index (κ1) is 11.9. The number of aliphatic hydroxyl groups excluding tert-OH is 1. The van der Waals surface area contributed by atoms with Gasteiger partial charge in [0.15, 0.2) is 0 Å². The predicted molar refractivity (Wildman–Crippen MR) is 63.6 cm³/mol. The maximum Gasteiger partial charge on any atom is 0.0835 e. The monoisotopic (exact) mass is 221 g/mol. The summed E-state index contributed by atoms with van der Waals surface area (Å²) in [5.41, 5.74) is -0.415. The Morgan fingerprint density at radius 3 is 2.25 bits per heavy atom. The summed E-state index contributed by atoms with van der Waals surface area (Å²) in [6.45, 7) is 2.25. The highest BCUT2D eigenvalue weighted by Gasteiger charge is 2.44. The van der Waals surface area contributed by atoms with Gasteiger partial charge in [-0.3, -0.25) is 0 Å². The molecule has 0 aromatic rings. The Morgan fingerprint density at radius 2 is 1.75 bits per heavy atom. The Kier molecular flexibility index (Phi) is 3.54. The Balaban J connectivity index is 2.06. The van der Waals surface area contributed by atoms with Crippen LogP contribution in [0.3, 0.4) is 0 Å². The Hall–Kier alpha value is -0.550. The van der Waals surface area contributed by atoms with Crippen LogP contribution in [0.2, 0.25) is 0 Å². The zero-order valence-electron chi connectivity index (χ0n) is 10.3. The molecule has 1 N–H and O–H groups in total. The predicted octanol–water partition coefficient (Wildman–Crippen LogP) is 3.26. The summed E-state index contributed by atoms with van der Waals surface area (Å²) in [6, 6.07) is 2.46. The highest BCUT2D eigenvalue weighted by Crippen LogP contribution is 2.46. The van der Waals surface area contributed by atoms with Crippen molar-refractivity contribution in [1.29, 1.82) is 5.26 Å². The smallest absolute Gasteiger partial charge is 0.0835 e. The molecule has 16 heavy (non-hydrogen) atoms. The third-order valence-electron chi connectivity index (χ3n) is 4.80. The molecule has 0 saturated heterocycles. The maximum atomic E-state index is 10.5. The molecule has 2 rings (SSSR count). The SMILES string of the molecule is CC1CCC(C#N)(C(O)C2CCCC2)CC1. The van der Waals surface area contributed by atoms with Crippen molar-refractivity contribution < 1.29 is 5.11 Å². The van der Waals surface area contributed by atoms with Crippen LogP contribution in [0.1, 0.15) is 58.3 Å². The van der Waals surface area contributed by atoms with E-state index in [9.17, 15) is 10.4 Å². The minimum absolute atomic E-state index is 0.368. The lowest BCUT2D eigenvalue weighted by molar-refractivity contribution is -0.0121. The molecule has 90 valence electrons. The Bertz CT molecular complexity index is 267. The lowest BCUT2D eigenvalue weighted by Gasteiger charge is -2.39. The standard InChI is InChI=1S/C14H23NO/c1-11-6-8-14(10-15,9-7-11)13(16)12-4-2-3-5-12/h11-13,16H,2-9H2,1H3. The fourth-order valence-electron chi connectivity index (χ4n) is 3.48. The van der Waals surface area contributed by atoms with E-state index in [0.717, 1.165) is 44.4 Å². The molecule has 2 nitrogen and oxygen atoms in total. The average molecular weight is 221 g/mol. The van der Waals surface area contributed by atoms with Crippen LogP contribution in [-0.4, -0.2) is 11.2 Å². The van der Waals surface area contributed by atoms with Crippen LogP contribution in [0.4, 0.5) is 0 Å². The van der Waals surface area contributed by atoms with E-state index in [0.29, 0.717) is 5.92 Å². The van der Waals surface area contributed by atoms with Gasteiger partial charge in [0, 0.05) is 0 Å². The van der Waals surface area contributed by atoms with E-state index >= 15 is 0 Å². The molecule has 2 aliphatic rings. The third-order valence-corrected chi connectivity index (χ3v) is 4.80. The second-order valence-corrected chi connectivity index (χ2v) is 5.94. The van der Waals surface area contributed by atoms with Crippen LogP contribution < -0.4 is 0 Å². The van der Waals surface area contributed by atoms with Crippen molar-refractivity contribution in [3.8, 4) is 6.07 Å². The van der Waals surface area contributed by atoms with Gasteiger partial charge >= 0.3 is 0 Å². The molecule has 0 aromatic carbocycles. The minimum atomic E-state index is -0.415. The van der Waals surface area contributed by atoms with E-state index in [2.05, 4.69) is 13.0 Å². The van der Waals surface area contributed by atoms with Gasteiger partial charge in [-0.05, 0) is 50.4 Å². The normalized spacial score (nSPS) is 38.2. The van der Waals surface area contributed by atoms with E-state index in [1.807, 2.05) is 0 Å². The van der Waals surface area contributed by atoms with Gasteiger partial charge in [-0.15, -0.1) is 0 Å². The van der Waals surface area contributed by atoms with Crippen molar-refractivity contribution in [3.05, 3.63) is 0 Å². The van der Waals surface area contributed by atoms with E-state index in [4.69, 9.17) is 0 Å². The van der Waals surface area contributed by atoms with Gasteiger partial charge in [-0.1, -0.05) is 19.8 Å². The van der Waals surface area contributed by atoms with Crippen molar-refractivity contribution in [1.82, 2.24) is 0 Å². The van der Waals surface area contributed by atoms with Crippen LogP contribution in [0.25, 0.3) is 0 Å². The molecule has 0 aliphatic heterocycles. The summed E-state index contributed by atoms with van der Waals surface area (Å²) in [6.07, 6.45) is 8.38. The number of hydrogen-bond donors (Lipinski definition) is 1. The molecule has 0 aromatic heterocycles. The van der Waals surface area contributed by atoms with Crippen LogP contribution >= 0.6 is 0 Å². The minimum Gasteiger partial charge on any atom is -0.391 e. The zero-order valence-corrected chi connectivity index (χ0v) is 10.3. The highest BCUT2D eigenvalue weighted by molar-refractivity contribution is 5.07. The van der Waals surface area contributed by atoms with Gasteiger partial charge in [0.05, 0.1) is 17.6 Å². The van der Waals surface area contributed by atoms with Gasteiger partial charge in [-0.2, -0.15) is 5.26 Å². The second-order valence-electron chi connectivity index (χ2n) is 5.94. The molecular weight excluding hydrogens is 198 g/mol. The van der Waals surface area contributed by atoms with Gasteiger partial charge < -0.3 is 5.11 Å².